The second-order valence-corrected chi connectivity index (χ2v) is 7.70. The smallest absolute Gasteiger partial charge is 0.255 e. The van der Waals surface area contributed by atoms with Gasteiger partial charge in [-0.15, -0.1) is 0 Å². The number of benzene rings is 3. The highest BCUT2D eigenvalue weighted by molar-refractivity contribution is 6.05. The number of nitrogens with one attached hydrogen (secondary N) is 3. The molecule has 0 bridgehead atoms. The first-order valence-corrected chi connectivity index (χ1v) is 11.0. The van der Waals surface area contributed by atoms with Gasteiger partial charge < -0.3 is 20.7 Å². The Morgan fingerprint density at radius 1 is 0.886 bits per heavy atom. The lowest BCUT2D eigenvalue weighted by molar-refractivity contribution is -0.114. The predicted octanol–water partition coefficient (Wildman–Crippen LogP) is 4.76. The Morgan fingerprint density at radius 2 is 1.69 bits per heavy atom. The molecule has 0 radical (unpaired) electrons. The van der Waals surface area contributed by atoms with E-state index in [1.807, 2.05) is 49.4 Å². The molecular formula is C27H25N5O3. The number of nitrogens with zero attached hydrogens (tertiary/aromatic N) is 2. The van der Waals surface area contributed by atoms with Crippen molar-refractivity contribution in [2.75, 3.05) is 29.6 Å². The van der Waals surface area contributed by atoms with Crippen LogP contribution in [0.5, 0.6) is 5.75 Å². The Bertz CT molecular complexity index is 1340. The van der Waals surface area contributed by atoms with Crippen molar-refractivity contribution >= 4 is 28.9 Å². The Kier molecular flexibility index (Phi) is 7.32. The molecule has 0 aliphatic carbocycles. The summed E-state index contributed by atoms with van der Waals surface area (Å²) in [5.41, 5.74) is 4.20. The highest BCUT2D eigenvalue weighted by Gasteiger charge is 2.10. The number of amides is 2. The third-order valence-electron chi connectivity index (χ3n) is 5.17. The van der Waals surface area contributed by atoms with Crippen LogP contribution in [0.4, 0.5) is 17.1 Å². The summed E-state index contributed by atoms with van der Waals surface area (Å²) in [6.07, 6.45) is 1.72. The van der Waals surface area contributed by atoms with Crippen LogP contribution in [0.1, 0.15) is 16.2 Å². The number of hydrogen-bond acceptors (Lipinski definition) is 6. The van der Waals surface area contributed by atoms with Crippen molar-refractivity contribution < 1.29 is 14.3 Å². The molecule has 0 saturated carbocycles. The molecule has 0 aliphatic rings. The van der Waals surface area contributed by atoms with E-state index in [0.717, 1.165) is 16.9 Å². The van der Waals surface area contributed by atoms with E-state index in [1.54, 1.807) is 49.7 Å². The largest absolute Gasteiger partial charge is 0.495 e. The third-order valence-corrected chi connectivity index (χ3v) is 5.17. The number of aromatic nitrogens is 2. The fraction of sp³-hybridized carbons (Fsp3) is 0.111. The van der Waals surface area contributed by atoms with Crippen molar-refractivity contribution in [3.63, 3.8) is 0 Å². The molecule has 8 heteroatoms. The van der Waals surface area contributed by atoms with E-state index in [1.165, 1.54) is 0 Å². The second-order valence-electron chi connectivity index (χ2n) is 7.70. The average molecular weight is 468 g/mol. The summed E-state index contributed by atoms with van der Waals surface area (Å²) in [4.78, 5) is 33.5. The van der Waals surface area contributed by atoms with Crippen molar-refractivity contribution in [3.05, 3.63) is 96.4 Å². The number of ether oxygens (including phenoxy) is 1. The molecule has 0 fully saturated rings. The minimum atomic E-state index is -0.271. The minimum Gasteiger partial charge on any atom is -0.495 e. The summed E-state index contributed by atoms with van der Waals surface area (Å²) in [6.45, 7) is 1.93. The molecule has 3 aromatic carbocycles. The first-order chi connectivity index (χ1) is 17.0. The number of anilines is 3. The van der Waals surface area contributed by atoms with Gasteiger partial charge in [-0.2, -0.15) is 0 Å². The topological polar surface area (TPSA) is 105 Å². The standard InChI is InChI=1S/C27H25N5O3/c1-18-28-15-14-23(30-18)20-6-5-7-22(16-20)29-17-26(33)31-21-12-10-19(11-13-21)27(34)32-24-8-3-4-9-25(24)35-2/h3-16,29H,17H2,1-2H3,(H,31,33)(H,32,34). The molecule has 0 saturated heterocycles. The van der Waals surface area contributed by atoms with Crippen LogP contribution in [-0.4, -0.2) is 35.4 Å². The Hall–Kier alpha value is -4.72. The molecule has 4 aromatic rings. The summed E-state index contributed by atoms with van der Waals surface area (Å²) >= 11 is 0. The van der Waals surface area contributed by atoms with Gasteiger partial charge in [0.15, 0.2) is 0 Å². The molecule has 35 heavy (non-hydrogen) atoms. The summed E-state index contributed by atoms with van der Waals surface area (Å²) in [5.74, 6) is 0.797. The monoisotopic (exact) mass is 467 g/mol. The molecule has 2 amide bonds. The Morgan fingerprint density at radius 3 is 2.46 bits per heavy atom. The van der Waals surface area contributed by atoms with Crippen LogP contribution in [0, 0.1) is 6.92 Å². The number of para-hydroxylation sites is 2. The van der Waals surface area contributed by atoms with Crippen LogP contribution >= 0.6 is 0 Å². The predicted molar refractivity (Wildman–Crippen MR) is 137 cm³/mol. The van der Waals surface area contributed by atoms with Crippen molar-refractivity contribution in [2.24, 2.45) is 0 Å². The molecule has 1 heterocycles. The zero-order chi connectivity index (χ0) is 24.6. The number of aryl methyl sites for hydroxylation is 1. The number of rotatable bonds is 8. The highest BCUT2D eigenvalue weighted by Crippen LogP contribution is 2.24. The van der Waals surface area contributed by atoms with Crippen LogP contribution in [0.3, 0.4) is 0 Å². The van der Waals surface area contributed by atoms with E-state index >= 15 is 0 Å². The van der Waals surface area contributed by atoms with Crippen molar-refractivity contribution in [1.82, 2.24) is 9.97 Å². The van der Waals surface area contributed by atoms with Gasteiger partial charge in [-0.3, -0.25) is 9.59 Å². The maximum Gasteiger partial charge on any atom is 0.255 e. The van der Waals surface area contributed by atoms with Gasteiger partial charge in [0.05, 0.1) is 25.0 Å². The van der Waals surface area contributed by atoms with Gasteiger partial charge in [0.2, 0.25) is 5.91 Å². The lowest BCUT2D eigenvalue weighted by atomic mass is 10.1. The van der Waals surface area contributed by atoms with E-state index in [0.29, 0.717) is 28.5 Å². The van der Waals surface area contributed by atoms with Gasteiger partial charge in [-0.25, -0.2) is 9.97 Å². The Labute approximate surface area is 203 Å². The van der Waals surface area contributed by atoms with E-state index < -0.39 is 0 Å². The molecule has 4 rings (SSSR count). The SMILES string of the molecule is COc1ccccc1NC(=O)c1ccc(NC(=O)CNc2cccc(-c3ccnc(C)n3)c2)cc1. The Balaban J connectivity index is 1.32. The number of methoxy groups -OCH3 is 1. The van der Waals surface area contributed by atoms with Crippen molar-refractivity contribution in [3.8, 4) is 17.0 Å². The van der Waals surface area contributed by atoms with Crippen LogP contribution in [0.25, 0.3) is 11.3 Å². The highest BCUT2D eigenvalue weighted by atomic mass is 16.5. The molecule has 0 aliphatic heterocycles. The van der Waals surface area contributed by atoms with Crippen LogP contribution in [0.15, 0.2) is 85.1 Å². The molecular weight excluding hydrogens is 442 g/mol. The summed E-state index contributed by atoms with van der Waals surface area (Å²) < 4.78 is 5.26. The fourth-order valence-corrected chi connectivity index (χ4v) is 3.44. The first-order valence-electron chi connectivity index (χ1n) is 11.0. The van der Waals surface area contributed by atoms with E-state index in [4.69, 9.17) is 4.74 Å². The third kappa shape index (κ3) is 6.20. The summed E-state index contributed by atoms with van der Waals surface area (Å²) in [7, 11) is 1.55. The number of carbonyl (C=O) groups is 2. The zero-order valence-electron chi connectivity index (χ0n) is 19.4. The second kappa shape index (κ2) is 10.9. The molecule has 8 nitrogen and oxygen atoms in total. The van der Waals surface area contributed by atoms with Gasteiger partial charge in [-0.1, -0.05) is 24.3 Å². The van der Waals surface area contributed by atoms with Crippen molar-refractivity contribution in [2.45, 2.75) is 6.92 Å². The van der Waals surface area contributed by atoms with Crippen molar-refractivity contribution in [1.29, 1.82) is 0 Å². The van der Waals surface area contributed by atoms with Crippen LogP contribution in [0.2, 0.25) is 0 Å². The summed E-state index contributed by atoms with van der Waals surface area (Å²) in [6, 6.07) is 23.4. The molecule has 0 unspecified atom stereocenters. The first kappa shape index (κ1) is 23.4. The zero-order valence-corrected chi connectivity index (χ0v) is 19.4. The lowest BCUT2D eigenvalue weighted by Crippen LogP contribution is -2.21. The normalized spacial score (nSPS) is 10.3. The minimum absolute atomic E-state index is 0.0856. The molecule has 0 atom stereocenters. The van der Waals surface area contributed by atoms with Crippen LogP contribution < -0.4 is 20.7 Å². The average Bonchev–Trinajstić information content (AvgIpc) is 2.88. The molecule has 3 N–H and O–H groups in total. The van der Waals surface area contributed by atoms with Crippen LogP contribution in [-0.2, 0) is 4.79 Å². The van der Waals surface area contributed by atoms with E-state index in [9.17, 15) is 9.59 Å². The maximum absolute atomic E-state index is 12.6. The van der Waals surface area contributed by atoms with Gasteiger partial charge in [-0.05, 0) is 61.5 Å². The van der Waals surface area contributed by atoms with E-state index in [2.05, 4.69) is 25.9 Å². The van der Waals surface area contributed by atoms with Gasteiger partial charge in [0, 0.05) is 28.7 Å². The number of hydrogen-bond donors (Lipinski definition) is 3. The quantitative estimate of drug-likeness (QED) is 0.345. The lowest BCUT2D eigenvalue weighted by Gasteiger charge is -2.11. The molecule has 1 aromatic heterocycles. The van der Waals surface area contributed by atoms with Gasteiger partial charge in [0.25, 0.3) is 5.91 Å². The molecule has 176 valence electrons. The van der Waals surface area contributed by atoms with E-state index in [-0.39, 0.29) is 18.4 Å². The maximum atomic E-state index is 12.6. The number of carbonyl (C=O) groups excluding carboxylic acids is 2. The van der Waals surface area contributed by atoms with Gasteiger partial charge in [0.1, 0.15) is 11.6 Å². The summed E-state index contributed by atoms with van der Waals surface area (Å²) in [5, 5.41) is 8.78. The fourth-order valence-electron chi connectivity index (χ4n) is 3.44. The van der Waals surface area contributed by atoms with Gasteiger partial charge >= 0.3 is 0 Å². The molecule has 0 spiro atoms.